The lowest BCUT2D eigenvalue weighted by atomic mass is 9.87. The summed E-state index contributed by atoms with van der Waals surface area (Å²) in [5.41, 5.74) is 2.24. The van der Waals surface area contributed by atoms with Crippen LogP contribution in [0.15, 0.2) is 18.2 Å². The Kier molecular flexibility index (Phi) is 6.02. The summed E-state index contributed by atoms with van der Waals surface area (Å²) in [6, 6.07) is 5.57. The molecule has 0 atom stereocenters. The molecule has 2 N–H and O–H groups in total. The van der Waals surface area contributed by atoms with Gasteiger partial charge in [0.1, 0.15) is 0 Å². The van der Waals surface area contributed by atoms with E-state index in [0.717, 1.165) is 30.0 Å². The van der Waals surface area contributed by atoms with Crippen molar-refractivity contribution >= 4 is 17.6 Å². The van der Waals surface area contributed by atoms with Crippen molar-refractivity contribution in [3.63, 3.8) is 0 Å². The van der Waals surface area contributed by atoms with E-state index in [1.165, 1.54) is 20.0 Å². The van der Waals surface area contributed by atoms with Crippen molar-refractivity contribution in [2.24, 2.45) is 5.92 Å². The van der Waals surface area contributed by atoms with E-state index in [0.29, 0.717) is 11.6 Å². The fourth-order valence-electron chi connectivity index (χ4n) is 2.92. The van der Waals surface area contributed by atoms with Gasteiger partial charge in [-0.05, 0) is 56.2 Å². The number of carbonyl (C=O) groups is 2. The van der Waals surface area contributed by atoms with Crippen LogP contribution in [0.4, 0.5) is 5.69 Å². The van der Waals surface area contributed by atoms with Crippen LogP contribution in [0.25, 0.3) is 0 Å². The van der Waals surface area contributed by atoms with Crippen molar-refractivity contribution in [2.45, 2.75) is 45.6 Å². The topological polar surface area (TPSA) is 67.4 Å². The summed E-state index contributed by atoms with van der Waals surface area (Å²) in [4.78, 5) is 23.7. The van der Waals surface area contributed by atoms with E-state index in [2.05, 4.69) is 17.6 Å². The second-order valence-electron chi connectivity index (χ2n) is 6.40. The number of hydrogen-bond acceptors (Lipinski definition) is 4. The van der Waals surface area contributed by atoms with Gasteiger partial charge in [-0.1, -0.05) is 13.0 Å². The van der Waals surface area contributed by atoms with E-state index in [1.807, 2.05) is 13.0 Å². The van der Waals surface area contributed by atoms with Gasteiger partial charge in [0.25, 0.3) is 0 Å². The minimum atomic E-state index is -0.381. The fraction of sp³-hybridized carbons (Fsp3) is 0.556. The van der Waals surface area contributed by atoms with Crippen molar-refractivity contribution in [2.75, 3.05) is 19.0 Å². The Balaban J connectivity index is 1.87. The molecule has 1 aromatic carbocycles. The SMILES string of the molecule is COC(=O)c1ccc(C)c(NCC(=O)NC2CCC(C)CC2)c1. The van der Waals surface area contributed by atoms with Crippen molar-refractivity contribution < 1.29 is 14.3 Å². The predicted octanol–water partition coefficient (Wildman–Crippen LogP) is 2.89. The van der Waals surface area contributed by atoms with Gasteiger partial charge >= 0.3 is 5.97 Å². The third-order valence-corrected chi connectivity index (χ3v) is 4.48. The number of esters is 1. The molecular formula is C18H26N2O3. The minimum Gasteiger partial charge on any atom is -0.465 e. The molecule has 1 fully saturated rings. The van der Waals surface area contributed by atoms with Crippen molar-refractivity contribution in [1.29, 1.82) is 0 Å². The number of aryl methyl sites for hydroxylation is 1. The maximum absolute atomic E-state index is 12.1. The molecule has 1 saturated carbocycles. The Hall–Kier alpha value is -2.04. The van der Waals surface area contributed by atoms with Gasteiger partial charge in [0.15, 0.2) is 0 Å². The summed E-state index contributed by atoms with van der Waals surface area (Å²) in [5, 5.41) is 6.20. The van der Waals surface area contributed by atoms with Crippen LogP contribution >= 0.6 is 0 Å². The molecule has 0 bridgehead atoms. The number of ether oxygens (including phenoxy) is 1. The quantitative estimate of drug-likeness (QED) is 0.819. The zero-order valence-corrected chi connectivity index (χ0v) is 14.1. The number of anilines is 1. The molecule has 0 spiro atoms. The van der Waals surface area contributed by atoms with Crippen molar-refractivity contribution in [3.8, 4) is 0 Å². The third kappa shape index (κ3) is 4.98. The van der Waals surface area contributed by atoms with Gasteiger partial charge in [-0.25, -0.2) is 4.79 Å². The average molecular weight is 318 g/mol. The van der Waals surface area contributed by atoms with Gasteiger partial charge < -0.3 is 15.4 Å². The van der Waals surface area contributed by atoms with Crippen LogP contribution in [0, 0.1) is 12.8 Å². The first-order valence-electron chi connectivity index (χ1n) is 8.21. The molecule has 0 aromatic heterocycles. The Morgan fingerprint density at radius 2 is 1.91 bits per heavy atom. The molecule has 5 nitrogen and oxygen atoms in total. The molecule has 1 aliphatic carbocycles. The Morgan fingerprint density at radius 1 is 1.22 bits per heavy atom. The van der Waals surface area contributed by atoms with E-state index in [-0.39, 0.29) is 18.4 Å². The van der Waals surface area contributed by atoms with Crippen LogP contribution < -0.4 is 10.6 Å². The van der Waals surface area contributed by atoms with Gasteiger partial charge in [-0.3, -0.25) is 4.79 Å². The molecule has 1 amide bonds. The highest BCUT2D eigenvalue weighted by Crippen LogP contribution is 2.23. The summed E-state index contributed by atoms with van der Waals surface area (Å²) < 4.78 is 4.72. The number of amides is 1. The highest BCUT2D eigenvalue weighted by molar-refractivity contribution is 5.91. The van der Waals surface area contributed by atoms with E-state index in [4.69, 9.17) is 4.74 Å². The van der Waals surface area contributed by atoms with Gasteiger partial charge in [0.05, 0.1) is 19.2 Å². The smallest absolute Gasteiger partial charge is 0.337 e. The van der Waals surface area contributed by atoms with Gasteiger partial charge in [-0.15, -0.1) is 0 Å². The molecule has 0 radical (unpaired) electrons. The first-order chi connectivity index (χ1) is 11.0. The van der Waals surface area contributed by atoms with Crippen molar-refractivity contribution in [1.82, 2.24) is 5.32 Å². The number of rotatable bonds is 5. The number of methoxy groups -OCH3 is 1. The van der Waals surface area contributed by atoms with Crippen LogP contribution in [0.5, 0.6) is 0 Å². The molecular weight excluding hydrogens is 292 g/mol. The molecule has 0 aliphatic heterocycles. The zero-order valence-electron chi connectivity index (χ0n) is 14.1. The lowest BCUT2D eigenvalue weighted by molar-refractivity contribution is -0.120. The number of hydrogen-bond donors (Lipinski definition) is 2. The Morgan fingerprint density at radius 3 is 2.57 bits per heavy atom. The van der Waals surface area contributed by atoms with Crippen LogP contribution in [0.1, 0.15) is 48.5 Å². The summed E-state index contributed by atoms with van der Waals surface area (Å²) in [5.74, 6) is 0.381. The fourth-order valence-corrected chi connectivity index (χ4v) is 2.92. The minimum absolute atomic E-state index is 0.00701. The molecule has 0 heterocycles. The highest BCUT2D eigenvalue weighted by Gasteiger charge is 2.19. The number of nitrogens with one attached hydrogen (secondary N) is 2. The molecule has 5 heteroatoms. The monoisotopic (exact) mass is 318 g/mol. The average Bonchev–Trinajstić information content (AvgIpc) is 2.55. The summed E-state index contributed by atoms with van der Waals surface area (Å²) in [7, 11) is 1.35. The third-order valence-electron chi connectivity index (χ3n) is 4.48. The number of benzene rings is 1. The van der Waals surface area contributed by atoms with Crippen LogP contribution in [0.3, 0.4) is 0 Å². The van der Waals surface area contributed by atoms with E-state index in [1.54, 1.807) is 12.1 Å². The Labute approximate surface area is 137 Å². The summed E-state index contributed by atoms with van der Waals surface area (Å²) in [6.07, 6.45) is 4.48. The van der Waals surface area contributed by atoms with E-state index >= 15 is 0 Å². The standard InChI is InChI=1S/C18H26N2O3/c1-12-4-8-15(9-5-12)20-17(21)11-19-16-10-14(18(22)23-3)7-6-13(16)2/h6-7,10,12,15,19H,4-5,8-9,11H2,1-3H3,(H,20,21). The maximum atomic E-state index is 12.1. The number of carbonyl (C=O) groups excluding carboxylic acids is 2. The maximum Gasteiger partial charge on any atom is 0.337 e. The molecule has 0 saturated heterocycles. The second kappa shape index (κ2) is 7.99. The first-order valence-corrected chi connectivity index (χ1v) is 8.21. The summed E-state index contributed by atoms with van der Waals surface area (Å²) in [6.45, 7) is 4.40. The molecule has 1 aliphatic rings. The normalized spacial score (nSPS) is 20.7. The molecule has 0 unspecified atom stereocenters. The zero-order chi connectivity index (χ0) is 16.8. The van der Waals surface area contributed by atoms with E-state index < -0.39 is 0 Å². The predicted molar refractivity (Wildman–Crippen MR) is 90.6 cm³/mol. The van der Waals surface area contributed by atoms with Crippen LogP contribution in [-0.2, 0) is 9.53 Å². The molecule has 23 heavy (non-hydrogen) atoms. The largest absolute Gasteiger partial charge is 0.465 e. The Bertz CT molecular complexity index is 563. The lowest BCUT2D eigenvalue weighted by Crippen LogP contribution is -2.40. The van der Waals surface area contributed by atoms with Crippen LogP contribution in [0.2, 0.25) is 0 Å². The summed E-state index contributed by atoms with van der Waals surface area (Å²) >= 11 is 0. The highest BCUT2D eigenvalue weighted by atomic mass is 16.5. The molecule has 126 valence electrons. The van der Waals surface area contributed by atoms with E-state index in [9.17, 15) is 9.59 Å². The van der Waals surface area contributed by atoms with Gasteiger partial charge in [0.2, 0.25) is 5.91 Å². The van der Waals surface area contributed by atoms with Gasteiger partial charge in [0, 0.05) is 11.7 Å². The van der Waals surface area contributed by atoms with Gasteiger partial charge in [-0.2, -0.15) is 0 Å². The van der Waals surface area contributed by atoms with Crippen LogP contribution in [-0.4, -0.2) is 31.6 Å². The lowest BCUT2D eigenvalue weighted by Gasteiger charge is -2.27. The first kappa shape index (κ1) is 17.3. The molecule has 1 aromatic rings. The molecule has 2 rings (SSSR count). The van der Waals surface area contributed by atoms with Crippen molar-refractivity contribution in [3.05, 3.63) is 29.3 Å². The second-order valence-corrected chi connectivity index (χ2v) is 6.40.